The molecule has 96 valence electrons. The molecule has 0 aromatic heterocycles. The molecule has 0 bridgehead atoms. The molecule has 3 heteroatoms. The lowest BCUT2D eigenvalue weighted by atomic mass is 10.00. The van der Waals surface area contributed by atoms with Crippen molar-refractivity contribution in [3.63, 3.8) is 0 Å². The van der Waals surface area contributed by atoms with Crippen LogP contribution in [0.2, 0.25) is 0 Å². The van der Waals surface area contributed by atoms with Gasteiger partial charge in [0.05, 0.1) is 0 Å². The number of hydrogen-bond acceptors (Lipinski definition) is 3. The molecule has 1 heterocycles. The third-order valence-corrected chi connectivity index (χ3v) is 3.83. The van der Waals surface area contributed by atoms with Gasteiger partial charge in [-0.05, 0) is 65.5 Å². The lowest BCUT2D eigenvalue weighted by Crippen LogP contribution is -2.39. The maximum absolute atomic E-state index is 5.56. The molecule has 1 rings (SSSR count). The van der Waals surface area contributed by atoms with Gasteiger partial charge in [0.1, 0.15) is 0 Å². The van der Waals surface area contributed by atoms with Crippen LogP contribution in [0.5, 0.6) is 0 Å². The second-order valence-electron chi connectivity index (χ2n) is 5.00. The first-order chi connectivity index (χ1) is 7.77. The van der Waals surface area contributed by atoms with Gasteiger partial charge >= 0.3 is 0 Å². The summed E-state index contributed by atoms with van der Waals surface area (Å²) in [4.78, 5) is 5.08. The van der Waals surface area contributed by atoms with E-state index in [1.54, 1.807) is 0 Å². The van der Waals surface area contributed by atoms with E-state index >= 15 is 0 Å². The minimum atomic E-state index is 0.819. The van der Waals surface area contributed by atoms with Gasteiger partial charge < -0.3 is 15.5 Å². The Morgan fingerprint density at radius 3 is 2.75 bits per heavy atom. The molecule has 0 aromatic rings. The summed E-state index contributed by atoms with van der Waals surface area (Å²) in [5.74, 6) is 0. The van der Waals surface area contributed by atoms with Crippen molar-refractivity contribution in [1.82, 2.24) is 9.80 Å². The van der Waals surface area contributed by atoms with E-state index in [1.165, 1.54) is 45.3 Å². The molecular weight excluding hydrogens is 198 g/mol. The van der Waals surface area contributed by atoms with Crippen LogP contribution in [0.15, 0.2) is 0 Å². The highest BCUT2D eigenvalue weighted by Gasteiger charge is 2.18. The maximum atomic E-state index is 5.56. The highest BCUT2D eigenvalue weighted by Crippen LogP contribution is 2.17. The highest BCUT2D eigenvalue weighted by molar-refractivity contribution is 4.75. The normalized spacial score (nSPS) is 22.9. The van der Waals surface area contributed by atoms with Crippen molar-refractivity contribution in [2.24, 2.45) is 5.73 Å². The third kappa shape index (κ3) is 4.81. The van der Waals surface area contributed by atoms with Crippen LogP contribution >= 0.6 is 0 Å². The fourth-order valence-corrected chi connectivity index (χ4v) is 2.58. The first-order valence-electron chi connectivity index (χ1n) is 6.90. The summed E-state index contributed by atoms with van der Waals surface area (Å²) in [7, 11) is 2.28. The van der Waals surface area contributed by atoms with Gasteiger partial charge in [-0.3, -0.25) is 0 Å². The predicted molar refractivity (Wildman–Crippen MR) is 70.7 cm³/mol. The van der Waals surface area contributed by atoms with Crippen molar-refractivity contribution in [1.29, 1.82) is 0 Å². The Kier molecular flexibility index (Phi) is 7.01. The smallest absolute Gasteiger partial charge is 0.0104 e. The number of nitrogens with zero attached hydrogens (tertiary/aromatic N) is 2. The van der Waals surface area contributed by atoms with Gasteiger partial charge in [-0.15, -0.1) is 0 Å². The molecule has 1 atom stereocenters. The largest absolute Gasteiger partial charge is 0.330 e. The average Bonchev–Trinajstić information content (AvgIpc) is 2.31. The quantitative estimate of drug-likeness (QED) is 0.716. The molecule has 0 amide bonds. The molecule has 16 heavy (non-hydrogen) atoms. The third-order valence-electron chi connectivity index (χ3n) is 3.83. The van der Waals surface area contributed by atoms with Gasteiger partial charge in [-0.25, -0.2) is 0 Å². The van der Waals surface area contributed by atoms with Gasteiger partial charge in [0.15, 0.2) is 0 Å². The Morgan fingerprint density at radius 2 is 2.12 bits per heavy atom. The summed E-state index contributed by atoms with van der Waals surface area (Å²) in [6.07, 6.45) is 6.66. The van der Waals surface area contributed by atoms with E-state index in [9.17, 15) is 0 Å². The van der Waals surface area contributed by atoms with Crippen molar-refractivity contribution in [3.8, 4) is 0 Å². The zero-order valence-corrected chi connectivity index (χ0v) is 11.1. The van der Waals surface area contributed by atoms with Gasteiger partial charge in [0.25, 0.3) is 0 Å². The fourth-order valence-electron chi connectivity index (χ4n) is 2.58. The Balaban J connectivity index is 2.19. The monoisotopic (exact) mass is 227 g/mol. The minimum Gasteiger partial charge on any atom is -0.330 e. The van der Waals surface area contributed by atoms with Crippen LogP contribution < -0.4 is 5.73 Å². The first kappa shape index (κ1) is 13.9. The Morgan fingerprint density at radius 1 is 1.31 bits per heavy atom. The molecule has 1 saturated heterocycles. The summed E-state index contributed by atoms with van der Waals surface area (Å²) in [6.45, 7) is 7.94. The number of likely N-dealkylation sites (tertiary alicyclic amines) is 1. The zero-order chi connectivity index (χ0) is 11.8. The van der Waals surface area contributed by atoms with Crippen LogP contribution in [0, 0.1) is 0 Å². The molecule has 1 fully saturated rings. The van der Waals surface area contributed by atoms with Crippen LogP contribution in [0.4, 0.5) is 0 Å². The Bertz CT molecular complexity index is 173. The van der Waals surface area contributed by atoms with E-state index in [-0.39, 0.29) is 0 Å². The van der Waals surface area contributed by atoms with E-state index in [4.69, 9.17) is 5.73 Å². The van der Waals surface area contributed by atoms with E-state index in [1.807, 2.05) is 0 Å². The van der Waals surface area contributed by atoms with Gasteiger partial charge in [-0.2, -0.15) is 0 Å². The van der Waals surface area contributed by atoms with Crippen LogP contribution in [0.3, 0.4) is 0 Å². The van der Waals surface area contributed by atoms with Crippen LogP contribution in [0.1, 0.15) is 39.0 Å². The molecule has 0 spiro atoms. The van der Waals surface area contributed by atoms with E-state index in [0.717, 1.165) is 25.6 Å². The van der Waals surface area contributed by atoms with Crippen molar-refractivity contribution >= 4 is 0 Å². The second kappa shape index (κ2) is 8.04. The molecule has 1 unspecified atom stereocenters. The van der Waals surface area contributed by atoms with Crippen molar-refractivity contribution in [3.05, 3.63) is 0 Å². The van der Waals surface area contributed by atoms with Crippen molar-refractivity contribution < 1.29 is 0 Å². The van der Waals surface area contributed by atoms with Crippen LogP contribution in [-0.2, 0) is 0 Å². The zero-order valence-electron chi connectivity index (χ0n) is 11.1. The first-order valence-corrected chi connectivity index (χ1v) is 6.90. The molecule has 1 aliphatic rings. The molecular formula is C13H29N3. The van der Waals surface area contributed by atoms with Crippen molar-refractivity contribution in [2.75, 3.05) is 39.8 Å². The van der Waals surface area contributed by atoms with Crippen LogP contribution in [0.25, 0.3) is 0 Å². The minimum absolute atomic E-state index is 0.819. The lowest BCUT2D eigenvalue weighted by Gasteiger charge is -2.34. The molecule has 1 aliphatic heterocycles. The lowest BCUT2D eigenvalue weighted by molar-refractivity contribution is 0.155. The van der Waals surface area contributed by atoms with Gasteiger partial charge in [0.2, 0.25) is 0 Å². The highest BCUT2D eigenvalue weighted by atomic mass is 15.2. The summed E-state index contributed by atoms with van der Waals surface area (Å²) >= 11 is 0. The fraction of sp³-hybridized carbons (Fsp3) is 1.00. The van der Waals surface area contributed by atoms with E-state index in [0.29, 0.717) is 0 Å². The number of hydrogen-bond donors (Lipinski definition) is 1. The average molecular weight is 227 g/mol. The number of nitrogens with two attached hydrogens (primary N) is 1. The Labute approximate surface area is 101 Å². The number of rotatable bonds is 7. The van der Waals surface area contributed by atoms with E-state index < -0.39 is 0 Å². The second-order valence-corrected chi connectivity index (χ2v) is 5.00. The molecule has 0 aliphatic carbocycles. The summed E-state index contributed by atoms with van der Waals surface area (Å²) < 4.78 is 0. The van der Waals surface area contributed by atoms with Crippen LogP contribution in [-0.4, -0.2) is 55.6 Å². The van der Waals surface area contributed by atoms with Crippen molar-refractivity contribution in [2.45, 2.75) is 45.1 Å². The van der Waals surface area contributed by atoms with Gasteiger partial charge in [0, 0.05) is 6.04 Å². The molecule has 0 radical (unpaired) electrons. The molecule has 0 saturated carbocycles. The topological polar surface area (TPSA) is 32.5 Å². The summed E-state index contributed by atoms with van der Waals surface area (Å²) in [5.41, 5.74) is 5.56. The standard InChI is InChI=1S/C13H29N3/c1-3-16(11-6-9-14)12-8-13-7-4-5-10-15(13)2/h13H,3-12,14H2,1-2H3. The van der Waals surface area contributed by atoms with E-state index in [2.05, 4.69) is 23.8 Å². The summed E-state index contributed by atoms with van der Waals surface area (Å²) in [5, 5.41) is 0. The molecule has 0 aromatic carbocycles. The maximum Gasteiger partial charge on any atom is 0.0104 e. The number of piperidine rings is 1. The Hall–Kier alpha value is -0.120. The molecule has 2 N–H and O–H groups in total. The van der Waals surface area contributed by atoms with Gasteiger partial charge in [-0.1, -0.05) is 13.3 Å². The molecule has 3 nitrogen and oxygen atoms in total. The SMILES string of the molecule is CCN(CCCN)CCC1CCCCN1C. The summed E-state index contributed by atoms with van der Waals surface area (Å²) in [6, 6.07) is 0.820. The predicted octanol–water partition coefficient (Wildman–Crippen LogP) is 1.53.